The minimum Gasteiger partial charge on any atom is -0.408 e. The Labute approximate surface area is 91.6 Å². The number of sulfonamides is 1. The zero-order chi connectivity index (χ0) is 12.5. The lowest BCUT2D eigenvalue weighted by Gasteiger charge is -2.00. The first-order chi connectivity index (χ1) is 7.21. The zero-order valence-corrected chi connectivity index (χ0v) is 9.41. The fraction of sp³-hybridized carbons (Fsp3) is 0.286. The molecule has 1 heterocycles. The van der Waals surface area contributed by atoms with Crippen LogP contribution in [0.1, 0.15) is 17.4 Å². The Kier molecular flexibility index (Phi) is 3.10. The third-order valence-corrected chi connectivity index (χ3v) is 2.39. The molecule has 88 valence electrons. The summed E-state index contributed by atoms with van der Waals surface area (Å²) in [6, 6.07) is 0.987. The molecule has 0 aliphatic heterocycles. The van der Waals surface area contributed by atoms with E-state index >= 15 is 0 Å². The van der Waals surface area contributed by atoms with Gasteiger partial charge in [-0.25, -0.2) is 18.4 Å². The van der Waals surface area contributed by atoms with Crippen molar-refractivity contribution in [1.82, 2.24) is 9.78 Å². The van der Waals surface area contributed by atoms with Gasteiger partial charge in [-0.2, -0.15) is 5.10 Å². The Bertz CT molecular complexity index is 545. The molecular weight excluding hydrogens is 236 g/mol. The number of aromatic nitrogens is 2. The summed E-state index contributed by atoms with van der Waals surface area (Å²) in [6.07, 6.45) is 0. The lowest BCUT2D eigenvalue weighted by Crippen LogP contribution is -2.13. The van der Waals surface area contributed by atoms with Gasteiger partial charge in [-0.3, -0.25) is 10.1 Å². The van der Waals surface area contributed by atoms with Crippen LogP contribution in [0.4, 0.5) is 0 Å². The maximum Gasteiger partial charge on any atom is 0.363 e. The van der Waals surface area contributed by atoms with Crippen molar-refractivity contribution < 1.29 is 17.9 Å². The van der Waals surface area contributed by atoms with Crippen molar-refractivity contribution in [3.63, 3.8) is 0 Å². The quantitative estimate of drug-likeness (QED) is 0.402. The number of ether oxygens (including phenoxy) is 1. The fourth-order valence-electron chi connectivity index (χ4n) is 0.962. The summed E-state index contributed by atoms with van der Waals surface area (Å²) >= 11 is 0. The van der Waals surface area contributed by atoms with Crippen LogP contribution >= 0.6 is 0 Å². The van der Waals surface area contributed by atoms with Gasteiger partial charge < -0.3 is 4.74 Å². The third kappa shape index (κ3) is 2.64. The monoisotopic (exact) mass is 246 g/mol. The van der Waals surface area contributed by atoms with E-state index in [9.17, 15) is 13.2 Å². The molecule has 0 fully saturated rings. The summed E-state index contributed by atoms with van der Waals surface area (Å²) in [5.74, 6) is -1.17. The van der Waals surface area contributed by atoms with Crippen LogP contribution in [0.15, 0.2) is 11.1 Å². The minimum atomic E-state index is -3.96. The van der Waals surface area contributed by atoms with Gasteiger partial charge in [0.1, 0.15) is 5.69 Å². The predicted molar refractivity (Wildman–Crippen MR) is 53.4 cm³/mol. The summed E-state index contributed by atoms with van der Waals surface area (Å²) in [5, 5.41) is 14.9. The Balaban J connectivity index is 3.13. The van der Waals surface area contributed by atoms with E-state index in [-0.39, 0.29) is 11.6 Å². The number of rotatable bonds is 2. The highest BCUT2D eigenvalue weighted by Crippen LogP contribution is 2.08. The van der Waals surface area contributed by atoms with E-state index in [0.717, 1.165) is 10.7 Å². The van der Waals surface area contributed by atoms with Crippen molar-refractivity contribution in [2.24, 2.45) is 12.2 Å². The first-order valence-electron chi connectivity index (χ1n) is 4.06. The molecule has 0 atom stereocenters. The van der Waals surface area contributed by atoms with Crippen LogP contribution in [0.25, 0.3) is 0 Å². The van der Waals surface area contributed by atoms with Crippen LogP contribution in [0.3, 0.4) is 0 Å². The molecule has 9 heteroatoms. The second kappa shape index (κ2) is 4.02. The number of nitrogens with zero attached hydrogens (tertiary/aromatic N) is 2. The number of nitrogens with one attached hydrogen (secondary N) is 1. The number of esters is 1. The standard InChI is InChI=1S/C7H10N4O4S/c1-4(8)15-7(12)5-3-6(10-11(5)2)16(9,13)14/h3,8H,1-2H3,(H2,9,13,14). The van der Waals surface area contributed by atoms with Crippen molar-refractivity contribution >= 4 is 21.9 Å². The average Bonchev–Trinajstić information content (AvgIpc) is 2.44. The van der Waals surface area contributed by atoms with Crippen LogP contribution in [-0.4, -0.2) is 30.1 Å². The molecular formula is C7H10N4O4S. The van der Waals surface area contributed by atoms with Gasteiger partial charge in [0, 0.05) is 20.0 Å². The first-order valence-corrected chi connectivity index (χ1v) is 5.60. The van der Waals surface area contributed by atoms with Gasteiger partial charge in [-0.05, 0) is 0 Å². The molecule has 0 aliphatic carbocycles. The van der Waals surface area contributed by atoms with E-state index in [1.165, 1.54) is 14.0 Å². The van der Waals surface area contributed by atoms with Gasteiger partial charge >= 0.3 is 5.97 Å². The highest BCUT2D eigenvalue weighted by atomic mass is 32.2. The first kappa shape index (κ1) is 12.3. The lowest BCUT2D eigenvalue weighted by molar-refractivity contribution is 0.0702. The zero-order valence-electron chi connectivity index (χ0n) is 8.59. The highest BCUT2D eigenvalue weighted by molar-refractivity contribution is 7.89. The van der Waals surface area contributed by atoms with Gasteiger partial charge in [0.05, 0.1) is 0 Å². The summed E-state index contributed by atoms with van der Waals surface area (Å²) in [7, 11) is -2.59. The van der Waals surface area contributed by atoms with Crippen molar-refractivity contribution in [2.45, 2.75) is 11.9 Å². The molecule has 0 saturated carbocycles. The third-order valence-electron chi connectivity index (χ3n) is 1.60. The number of hydrogen-bond donors (Lipinski definition) is 2. The Hall–Kier alpha value is -1.74. The number of nitrogens with two attached hydrogens (primary N) is 1. The number of carbonyl (C=O) groups excluding carboxylic acids is 1. The molecule has 0 unspecified atom stereocenters. The summed E-state index contributed by atoms with van der Waals surface area (Å²) in [4.78, 5) is 11.4. The maximum atomic E-state index is 11.4. The van der Waals surface area contributed by atoms with Gasteiger partial charge in [-0.15, -0.1) is 0 Å². The van der Waals surface area contributed by atoms with E-state index in [1.54, 1.807) is 0 Å². The van der Waals surface area contributed by atoms with Crippen LogP contribution in [0.5, 0.6) is 0 Å². The average molecular weight is 246 g/mol. The number of hydrogen-bond acceptors (Lipinski definition) is 6. The Morgan fingerprint density at radius 2 is 2.19 bits per heavy atom. The van der Waals surface area contributed by atoms with E-state index in [2.05, 4.69) is 9.84 Å². The predicted octanol–water partition coefficient (Wildman–Crippen LogP) is -0.779. The molecule has 0 aromatic carbocycles. The van der Waals surface area contributed by atoms with E-state index in [0.29, 0.717) is 0 Å². The highest BCUT2D eigenvalue weighted by Gasteiger charge is 2.20. The molecule has 1 aromatic heterocycles. The van der Waals surface area contributed by atoms with E-state index in [4.69, 9.17) is 10.5 Å². The van der Waals surface area contributed by atoms with E-state index < -0.39 is 21.0 Å². The number of aryl methyl sites for hydroxylation is 1. The van der Waals surface area contributed by atoms with Crippen molar-refractivity contribution in [1.29, 1.82) is 5.41 Å². The van der Waals surface area contributed by atoms with Crippen LogP contribution in [0.2, 0.25) is 0 Å². The molecule has 0 bridgehead atoms. The maximum absolute atomic E-state index is 11.4. The van der Waals surface area contributed by atoms with Gasteiger partial charge in [0.25, 0.3) is 10.0 Å². The number of primary sulfonamides is 1. The van der Waals surface area contributed by atoms with Crippen LogP contribution in [-0.2, 0) is 21.8 Å². The molecule has 16 heavy (non-hydrogen) atoms. The topological polar surface area (TPSA) is 128 Å². The molecule has 0 spiro atoms. The Morgan fingerprint density at radius 1 is 1.62 bits per heavy atom. The molecule has 8 nitrogen and oxygen atoms in total. The van der Waals surface area contributed by atoms with Crippen molar-refractivity contribution in [3.8, 4) is 0 Å². The van der Waals surface area contributed by atoms with E-state index in [1.807, 2.05) is 0 Å². The molecule has 0 saturated heterocycles. The SMILES string of the molecule is CC(=N)OC(=O)c1cc(S(N)(=O)=O)nn1C. The van der Waals surface area contributed by atoms with Crippen LogP contribution in [0, 0.1) is 5.41 Å². The normalized spacial score (nSPS) is 11.2. The van der Waals surface area contributed by atoms with Gasteiger partial charge in [0.15, 0.2) is 10.9 Å². The van der Waals surface area contributed by atoms with Crippen LogP contribution < -0.4 is 5.14 Å². The minimum absolute atomic E-state index is 0.101. The summed E-state index contributed by atoms with van der Waals surface area (Å²) in [5.41, 5.74) is -0.101. The largest absolute Gasteiger partial charge is 0.408 e. The second-order valence-corrected chi connectivity index (χ2v) is 4.49. The smallest absolute Gasteiger partial charge is 0.363 e. The Morgan fingerprint density at radius 3 is 2.56 bits per heavy atom. The lowest BCUT2D eigenvalue weighted by atomic mass is 10.4. The van der Waals surface area contributed by atoms with Gasteiger partial charge in [-0.1, -0.05) is 0 Å². The molecule has 0 radical (unpaired) electrons. The fourth-order valence-corrected chi connectivity index (χ4v) is 1.47. The summed E-state index contributed by atoms with van der Waals surface area (Å²) in [6.45, 7) is 1.27. The molecule has 1 rings (SSSR count). The summed E-state index contributed by atoms with van der Waals surface area (Å²) < 4.78 is 27.4. The van der Waals surface area contributed by atoms with Crippen molar-refractivity contribution in [2.75, 3.05) is 0 Å². The van der Waals surface area contributed by atoms with Gasteiger partial charge in [0.2, 0.25) is 0 Å². The molecule has 0 aliphatic rings. The molecule has 1 aromatic rings. The van der Waals surface area contributed by atoms with Crippen molar-refractivity contribution in [3.05, 3.63) is 11.8 Å². The second-order valence-electron chi connectivity index (χ2n) is 2.98. The molecule has 0 amide bonds. The number of carbonyl (C=O) groups is 1. The molecule has 3 N–H and O–H groups in total.